The number of amides is 2. The minimum Gasteiger partial charge on any atom is -0.872 e. The maximum Gasteiger partial charge on any atom is 0.328 e. The summed E-state index contributed by atoms with van der Waals surface area (Å²) in [6.07, 6.45) is 8.91. The average Bonchev–Trinajstić information content (AvgIpc) is 3.05. The zero-order chi connectivity index (χ0) is 23.4. The van der Waals surface area contributed by atoms with Gasteiger partial charge in [-0.3, -0.25) is 9.59 Å². The number of carbonyl (C=O) groups is 3. The van der Waals surface area contributed by atoms with Gasteiger partial charge < -0.3 is 10.2 Å². The molecule has 0 saturated heterocycles. The van der Waals surface area contributed by atoms with Crippen LogP contribution in [0.2, 0.25) is 0 Å². The third-order valence-electron chi connectivity index (χ3n) is 5.03. The first-order valence-corrected chi connectivity index (χ1v) is 10.1. The van der Waals surface area contributed by atoms with E-state index in [1.165, 1.54) is 18.3 Å². The third-order valence-corrected chi connectivity index (χ3v) is 5.03. The number of carboxylic acids is 1. The van der Waals surface area contributed by atoms with Gasteiger partial charge in [0, 0.05) is 12.3 Å². The number of nitrogens with zero attached hydrogens (tertiary/aromatic N) is 1. The van der Waals surface area contributed by atoms with Crippen molar-refractivity contribution < 1.29 is 24.6 Å². The summed E-state index contributed by atoms with van der Waals surface area (Å²) in [4.78, 5) is 37.1. The highest BCUT2D eigenvalue weighted by atomic mass is 16.4. The number of imide groups is 1. The van der Waals surface area contributed by atoms with Crippen LogP contribution in [0.1, 0.15) is 43.0 Å². The van der Waals surface area contributed by atoms with Crippen molar-refractivity contribution in [3.8, 4) is 5.75 Å². The van der Waals surface area contributed by atoms with Crippen LogP contribution in [0.4, 0.5) is 0 Å². The highest BCUT2D eigenvalue weighted by Crippen LogP contribution is 2.24. The van der Waals surface area contributed by atoms with Crippen LogP contribution in [-0.4, -0.2) is 27.8 Å². The van der Waals surface area contributed by atoms with E-state index in [2.05, 4.69) is 0 Å². The second-order valence-electron chi connectivity index (χ2n) is 7.32. The van der Waals surface area contributed by atoms with Crippen molar-refractivity contribution in [3.63, 3.8) is 0 Å². The van der Waals surface area contributed by atoms with Crippen molar-refractivity contribution in [2.75, 3.05) is 0 Å². The number of carbonyl (C=O) groups excluding carboxylic acids is 2. The smallest absolute Gasteiger partial charge is 0.328 e. The Hall–Kier alpha value is -4.71. The molecule has 3 aromatic rings. The fourth-order valence-corrected chi connectivity index (χ4v) is 3.47. The number of hydrogen-bond acceptors (Lipinski definition) is 4. The van der Waals surface area contributed by atoms with E-state index in [0.717, 1.165) is 11.0 Å². The molecule has 0 fully saturated rings. The van der Waals surface area contributed by atoms with Gasteiger partial charge in [0.15, 0.2) is 0 Å². The first-order chi connectivity index (χ1) is 15.9. The standard InChI is InChI=1S/C27H19NO5/c29-24-8-4-1-5-21(24)11-9-18-15-19(10-12-25(30)31)17-20(16-18)13-14-28-26(32)22-6-2-3-7-23(22)27(28)33/h1-17,29H,(H,30,31)/p-1/b11-9+,12-10+,14-13+. The fourth-order valence-electron chi connectivity index (χ4n) is 3.47. The molecule has 1 aliphatic rings. The van der Waals surface area contributed by atoms with Gasteiger partial charge in [-0.25, -0.2) is 9.69 Å². The summed E-state index contributed by atoms with van der Waals surface area (Å²) >= 11 is 0. The molecule has 1 heterocycles. The Morgan fingerprint density at radius 1 is 0.758 bits per heavy atom. The van der Waals surface area contributed by atoms with Crippen molar-refractivity contribution >= 4 is 42.1 Å². The summed E-state index contributed by atoms with van der Waals surface area (Å²) in [5.74, 6) is -2.00. The molecule has 1 aliphatic heterocycles. The molecule has 6 heteroatoms. The SMILES string of the molecule is O=C(O)/C=C/c1cc(/C=C/c2ccccc2[O-])cc(/C=C/N2C(=O)c3ccccc3C2=O)c1. The van der Waals surface area contributed by atoms with Gasteiger partial charge in [-0.05, 0) is 64.7 Å². The van der Waals surface area contributed by atoms with E-state index in [9.17, 15) is 19.5 Å². The quantitative estimate of drug-likeness (QED) is 0.353. The number of para-hydroxylation sites is 1. The van der Waals surface area contributed by atoms with Crippen LogP contribution >= 0.6 is 0 Å². The van der Waals surface area contributed by atoms with Gasteiger partial charge in [0.25, 0.3) is 11.8 Å². The van der Waals surface area contributed by atoms with E-state index < -0.39 is 17.8 Å². The van der Waals surface area contributed by atoms with Crippen LogP contribution < -0.4 is 5.11 Å². The fraction of sp³-hybridized carbons (Fsp3) is 0. The molecule has 0 unspecified atom stereocenters. The Balaban J connectivity index is 1.66. The van der Waals surface area contributed by atoms with Crippen molar-refractivity contribution in [1.29, 1.82) is 0 Å². The molecular weight excluding hydrogens is 418 g/mol. The molecule has 0 bridgehead atoms. The lowest BCUT2D eigenvalue weighted by Crippen LogP contribution is -2.23. The number of fused-ring (bicyclic) bond motifs is 1. The van der Waals surface area contributed by atoms with E-state index in [1.807, 2.05) is 0 Å². The molecule has 33 heavy (non-hydrogen) atoms. The molecule has 0 aliphatic carbocycles. The highest BCUT2D eigenvalue weighted by molar-refractivity contribution is 6.22. The van der Waals surface area contributed by atoms with Crippen LogP contribution in [-0.2, 0) is 4.79 Å². The van der Waals surface area contributed by atoms with Crippen LogP contribution in [0.5, 0.6) is 5.75 Å². The van der Waals surface area contributed by atoms with Crippen molar-refractivity contribution in [1.82, 2.24) is 4.90 Å². The molecular formula is C27H18NO5-. The number of aliphatic carboxylic acids is 1. The van der Waals surface area contributed by atoms with Crippen LogP contribution in [0.25, 0.3) is 24.3 Å². The van der Waals surface area contributed by atoms with E-state index in [-0.39, 0.29) is 5.75 Å². The van der Waals surface area contributed by atoms with E-state index in [0.29, 0.717) is 33.4 Å². The monoisotopic (exact) mass is 436 g/mol. The lowest BCUT2D eigenvalue weighted by atomic mass is 10.0. The lowest BCUT2D eigenvalue weighted by Gasteiger charge is -2.09. The molecule has 6 nitrogen and oxygen atoms in total. The summed E-state index contributed by atoms with van der Waals surface area (Å²) in [5.41, 5.74) is 3.20. The third kappa shape index (κ3) is 4.80. The van der Waals surface area contributed by atoms with E-state index >= 15 is 0 Å². The first kappa shape index (κ1) is 21.5. The van der Waals surface area contributed by atoms with Gasteiger partial charge in [0.2, 0.25) is 0 Å². The summed E-state index contributed by atoms with van der Waals surface area (Å²) in [5, 5.41) is 20.9. The second kappa shape index (κ2) is 9.20. The maximum absolute atomic E-state index is 12.6. The second-order valence-corrected chi connectivity index (χ2v) is 7.32. The Morgan fingerprint density at radius 2 is 1.30 bits per heavy atom. The molecule has 3 aromatic carbocycles. The minimum atomic E-state index is -1.08. The summed E-state index contributed by atoms with van der Waals surface area (Å²) in [6, 6.07) is 18.5. The Labute approximate surface area is 190 Å². The van der Waals surface area contributed by atoms with Gasteiger partial charge in [-0.1, -0.05) is 48.6 Å². The molecule has 4 rings (SSSR count). The highest BCUT2D eigenvalue weighted by Gasteiger charge is 2.33. The number of benzene rings is 3. The van der Waals surface area contributed by atoms with Gasteiger partial charge in [-0.15, -0.1) is 5.75 Å². The Morgan fingerprint density at radius 3 is 1.91 bits per heavy atom. The molecule has 1 N–H and O–H groups in total. The van der Waals surface area contributed by atoms with Gasteiger partial charge in [0.05, 0.1) is 11.1 Å². The predicted octanol–water partition coefficient (Wildman–Crippen LogP) is 4.30. The zero-order valence-corrected chi connectivity index (χ0v) is 17.3. The largest absolute Gasteiger partial charge is 0.872 e. The van der Waals surface area contributed by atoms with Crippen LogP contribution in [0.3, 0.4) is 0 Å². The average molecular weight is 436 g/mol. The van der Waals surface area contributed by atoms with Gasteiger partial charge in [-0.2, -0.15) is 0 Å². The number of rotatable bonds is 6. The van der Waals surface area contributed by atoms with Crippen LogP contribution in [0.15, 0.2) is 79.0 Å². The molecule has 2 amide bonds. The van der Waals surface area contributed by atoms with Gasteiger partial charge in [0.1, 0.15) is 0 Å². The molecule has 0 aromatic heterocycles. The maximum atomic E-state index is 12.6. The first-order valence-electron chi connectivity index (χ1n) is 10.1. The number of carboxylic acid groups (broad SMARTS) is 1. The van der Waals surface area contributed by atoms with Gasteiger partial charge >= 0.3 is 5.97 Å². The Bertz CT molecular complexity index is 1320. The van der Waals surface area contributed by atoms with Crippen LogP contribution in [0, 0.1) is 0 Å². The zero-order valence-electron chi connectivity index (χ0n) is 17.3. The molecule has 0 radical (unpaired) electrons. The van der Waals surface area contributed by atoms with Crippen molar-refractivity contribution in [3.05, 3.63) is 112 Å². The van der Waals surface area contributed by atoms with E-state index in [1.54, 1.807) is 78.9 Å². The molecule has 162 valence electrons. The molecule has 0 saturated carbocycles. The summed E-state index contributed by atoms with van der Waals surface area (Å²) < 4.78 is 0. The summed E-state index contributed by atoms with van der Waals surface area (Å²) in [6.45, 7) is 0. The minimum absolute atomic E-state index is 0.110. The Kier molecular flexibility index (Phi) is 6.00. The molecule has 0 spiro atoms. The van der Waals surface area contributed by atoms with Crippen molar-refractivity contribution in [2.45, 2.75) is 0 Å². The molecule has 0 atom stereocenters. The normalized spacial score (nSPS) is 13.5. The topological polar surface area (TPSA) is 97.7 Å². The predicted molar refractivity (Wildman–Crippen MR) is 124 cm³/mol. The number of hydrogen-bond donors (Lipinski definition) is 1. The van der Waals surface area contributed by atoms with E-state index in [4.69, 9.17) is 5.11 Å². The van der Waals surface area contributed by atoms with Crippen molar-refractivity contribution in [2.24, 2.45) is 0 Å². The summed E-state index contributed by atoms with van der Waals surface area (Å²) in [7, 11) is 0. The lowest BCUT2D eigenvalue weighted by molar-refractivity contribution is -0.268.